The number of rotatable bonds is 3. The monoisotopic (exact) mass is 210 g/mol. The molecule has 0 N–H and O–H groups in total. The third-order valence-corrected chi connectivity index (χ3v) is 3.30. The normalized spacial score (nSPS) is 24.9. The summed E-state index contributed by atoms with van der Waals surface area (Å²) >= 11 is 0. The van der Waals surface area contributed by atoms with Crippen LogP contribution >= 0.6 is 0 Å². The smallest absolute Gasteiger partial charge is 0.333 e. The molecule has 0 radical (unpaired) electrons. The van der Waals surface area contributed by atoms with Crippen LogP contribution in [0.4, 0.5) is 0 Å². The minimum absolute atomic E-state index is 0.118. The van der Waals surface area contributed by atoms with Crippen molar-refractivity contribution in [2.24, 2.45) is 5.92 Å². The van der Waals surface area contributed by atoms with Gasteiger partial charge in [-0.3, -0.25) is 0 Å². The maximum Gasteiger partial charge on any atom is 0.333 e. The van der Waals surface area contributed by atoms with Gasteiger partial charge in [-0.25, -0.2) is 4.79 Å². The number of esters is 1. The van der Waals surface area contributed by atoms with Crippen molar-refractivity contribution >= 4 is 5.97 Å². The van der Waals surface area contributed by atoms with Crippen molar-refractivity contribution in [3.63, 3.8) is 0 Å². The lowest BCUT2D eigenvalue weighted by Gasteiger charge is -2.25. The summed E-state index contributed by atoms with van der Waals surface area (Å²) in [6, 6.07) is 0. The van der Waals surface area contributed by atoms with Crippen LogP contribution < -0.4 is 0 Å². The first-order valence-electron chi connectivity index (χ1n) is 6.07. The largest absolute Gasteiger partial charge is 0.463 e. The molecular weight excluding hydrogens is 188 g/mol. The average molecular weight is 210 g/mol. The number of allylic oxidation sites excluding steroid dienone is 1. The Morgan fingerprint density at radius 1 is 1.40 bits per heavy atom. The van der Waals surface area contributed by atoms with Crippen LogP contribution in [0.5, 0.6) is 0 Å². The Labute approximate surface area is 92.7 Å². The Hall–Kier alpha value is -0.790. The molecule has 0 amide bonds. The SMILES string of the molecule is CCOC(=O)C(C)=C1CCCCC1CC. The molecule has 1 saturated carbocycles. The summed E-state index contributed by atoms with van der Waals surface area (Å²) < 4.78 is 5.05. The van der Waals surface area contributed by atoms with Crippen LogP contribution in [-0.2, 0) is 9.53 Å². The second-order valence-electron chi connectivity index (χ2n) is 4.22. The summed E-state index contributed by atoms with van der Waals surface area (Å²) in [5, 5.41) is 0. The van der Waals surface area contributed by atoms with E-state index in [1.165, 1.54) is 24.8 Å². The average Bonchev–Trinajstić information content (AvgIpc) is 2.28. The Balaban J connectivity index is 2.79. The Bertz CT molecular complexity index is 253. The van der Waals surface area contributed by atoms with Crippen LogP contribution in [0, 0.1) is 5.92 Å². The Morgan fingerprint density at radius 3 is 2.73 bits per heavy atom. The van der Waals surface area contributed by atoms with Gasteiger partial charge in [-0.05, 0) is 45.4 Å². The van der Waals surface area contributed by atoms with Crippen LogP contribution in [-0.4, -0.2) is 12.6 Å². The highest BCUT2D eigenvalue weighted by Crippen LogP contribution is 2.33. The molecule has 1 unspecified atom stereocenters. The summed E-state index contributed by atoms with van der Waals surface area (Å²) in [6.07, 6.45) is 6.00. The molecule has 0 spiro atoms. The van der Waals surface area contributed by atoms with Crippen molar-refractivity contribution in [3.05, 3.63) is 11.1 Å². The lowest BCUT2D eigenvalue weighted by Crippen LogP contribution is -2.16. The summed E-state index contributed by atoms with van der Waals surface area (Å²) in [5.74, 6) is 0.496. The zero-order chi connectivity index (χ0) is 11.3. The number of carbonyl (C=O) groups excluding carboxylic acids is 1. The lowest BCUT2D eigenvalue weighted by atomic mass is 9.80. The van der Waals surface area contributed by atoms with E-state index in [4.69, 9.17) is 4.74 Å². The predicted molar refractivity (Wildman–Crippen MR) is 61.6 cm³/mol. The van der Waals surface area contributed by atoms with Gasteiger partial charge < -0.3 is 4.74 Å². The molecule has 0 aromatic carbocycles. The maximum atomic E-state index is 11.6. The molecule has 2 nitrogen and oxygen atoms in total. The summed E-state index contributed by atoms with van der Waals surface area (Å²) in [5.41, 5.74) is 2.21. The van der Waals surface area contributed by atoms with E-state index in [0.717, 1.165) is 18.4 Å². The fourth-order valence-corrected chi connectivity index (χ4v) is 2.40. The highest BCUT2D eigenvalue weighted by atomic mass is 16.5. The minimum atomic E-state index is -0.118. The van der Waals surface area contributed by atoms with Gasteiger partial charge >= 0.3 is 5.97 Å². The molecule has 0 heterocycles. The van der Waals surface area contributed by atoms with Gasteiger partial charge in [0.15, 0.2) is 0 Å². The third-order valence-electron chi connectivity index (χ3n) is 3.30. The van der Waals surface area contributed by atoms with Crippen molar-refractivity contribution in [2.75, 3.05) is 6.61 Å². The minimum Gasteiger partial charge on any atom is -0.463 e. The van der Waals surface area contributed by atoms with Crippen LogP contribution in [0.25, 0.3) is 0 Å². The molecule has 1 fully saturated rings. The van der Waals surface area contributed by atoms with Gasteiger partial charge in [-0.1, -0.05) is 18.9 Å². The number of carbonyl (C=O) groups is 1. The van der Waals surface area contributed by atoms with Gasteiger partial charge in [0, 0.05) is 5.57 Å². The van der Waals surface area contributed by atoms with E-state index < -0.39 is 0 Å². The van der Waals surface area contributed by atoms with Crippen molar-refractivity contribution in [1.29, 1.82) is 0 Å². The van der Waals surface area contributed by atoms with Gasteiger partial charge in [-0.2, -0.15) is 0 Å². The summed E-state index contributed by atoms with van der Waals surface area (Å²) in [4.78, 5) is 11.6. The van der Waals surface area contributed by atoms with E-state index >= 15 is 0 Å². The number of hydrogen-bond donors (Lipinski definition) is 0. The van der Waals surface area contributed by atoms with E-state index in [1.54, 1.807) is 0 Å². The fourth-order valence-electron chi connectivity index (χ4n) is 2.40. The second kappa shape index (κ2) is 5.94. The Morgan fingerprint density at radius 2 is 2.13 bits per heavy atom. The van der Waals surface area contributed by atoms with Crippen LogP contribution in [0.2, 0.25) is 0 Å². The van der Waals surface area contributed by atoms with E-state index in [2.05, 4.69) is 6.92 Å². The first kappa shape index (κ1) is 12.3. The molecule has 0 aliphatic heterocycles. The lowest BCUT2D eigenvalue weighted by molar-refractivity contribution is -0.138. The van der Waals surface area contributed by atoms with Gasteiger partial charge in [0.2, 0.25) is 0 Å². The molecule has 1 rings (SSSR count). The molecule has 0 saturated heterocycles. The molecule has 0 aromatic rings. The van der Waals surface area contributed by atoms with E-state index in [1.807, 2.05) is 13.8 Å². The molecule has 15 heavy (non-hydrogen) atoms. The maximum absolute atomic E-state index is 11.6. The van der Waals surface area contributed by atoms with Crippen molar-refractivity contribution in [1.82, 2.24) is 0 Å². The van der Waals surface area contributed by atoms with Crippen molar-refractivity contribution < 1.29 is 9.53 Å². The van der Waals surface area contributed by atoms with Gasteiger partial charge in [0.05, 0.1) is 6.61 Å². The first-order valence-corrected chi connectivity index (χ1v) is 6.07. The van der Waals surface area contributed by atoms with Gasteiger partial charge in [0.1, 0.15) is 0 Å². The molecule has 1 aliphatic carbocycles. The van der Waals surface area contributed by atoms with Gasteiger partial charge in [0.25, 0.3) is 0 Å². The van der Waals surface area contributed by atoms with Crippen molar-refractivity contribution in [3.8, 4) is 0 Å². The number of ether oxygens (including phenoxy) is 1. The quantitative estimate of drug-likeness (QED) is 0.526. The third kappa shape index (κ3) is 3.08. The number of hydrogen-bond acceptors (Lipinski definition) is 2. The summed E-state index contributed by atoms with van der Waals surface area (Å²) in [6.45, 7) is 6.45. The topological polar surface area (TPSA) is 26.3 Å². The van der Waals surface area contributed by atoms with E-state index in [9.17, 15) is 4.79 Å². The van der Waals surface area contributed by atoms with Crippen LogP contribution in [0.1, 0.15) is 52.9 Å². The zero-order valence-electron chi connectivity index (χ0n) is 10.1. The van der Waals surface area contributed by atoms with E-state index in [0.29, 0.717) is 12.5 Å². The Kier molecular flexibility index (Phi) is 4.86. The van der Waals surface area contributed by atoms with Gasteiger partial charge in [-0.15, -0.1) is 0 Å². The first-order chi connectivity index (χ1) is 7.20. The molecule has 0 bridgehead atoms. The molecule has 1 aliphatic rings. The highest BCUT2D eigenvalue weighted by molar-refractivity contribution is 5.88. The van der Waals surface area contributed by atoms with Crippen LogP contribution in [0.15, 0.2) is 11.1 Å². The predicted octanol–water partition coefficient (Wildman–Crippen LogP) is 3.47. The summed E-state index contributed by atoms with van der Waals surface area (Å²) in [7, 11) is 0. The molecule has 0 aromatic heterocycles. The van der Waals surface area contributed by atoms with Crippen LogP contribution in [0.3, 0.4) is 0 Å². The molecule has 86 valence electrons. The molecule has 1 atom stereocenters. The highest BCUT2D eigenvalue weighted by Gasteiger charge is 2.22. The molecular formula is C13H22O2. The van der Waals surface area contributed by atoms with E-state index in [-0.39, 0.29) is 5.97 Å². The standard InChI is InChI=1S/C13H22O2/c1-4-11-8-6-7-9-12(11)10(3)13(14)15-5-2/h11H,4-9H2,1-3H3. The molecule has 2 heteroatoms. The fraction of sp³-hybridized carbons (Fsp3) is 0.769. The van der Waals surface area contributed by atoms with Crippen molar-refractivity contribution in [2.45, 2.75) is 52.9 Å². The second-order valence-corrected chi connectivity index (χ2v) is 4.22. The zero-order valence-corrected chi connectivity index (χ0v) is 10.1.